The average molecular weight is 415 g/mol. The second-order valence-corrected chi connectivity index (χ2v) is 7.63. The highest BCUT2D eigenvalue weighted by molar-refractivity contribution is 7.99. The van der Waals surface area contributed by atoms with Crippen molar-refractivity contribution in [1.82, 2.24) is 10.2 Å². The molecule has 1 amide bonds. The number of nitrogens with zero attached hydrogens (tertiary/aromatic N) is 2. The average Bonchev–Trinajstić information content (AvgIpc) is 3.18. The van der Waals surface area contributed by atoms with Gasteiger partial charge in [0.15, 0.2) is 6.10 Å². The number of nitrogens with one attached hydrogen (secondary N) is 1. The van der Waals surface area contributed by atoms with Crippen LogP contribution < -0.4 is 10.1 Å². The lowest BCUT2D eigenvalue weighted by Crippen LogP contribution is -2.15. The van der Waals surface area contributed by atoms with Crippen molar-refractivity contribution in [3.8, 4) is 5.75 Å². The van der Waals surface area contributed by atoms with Gasteiger partial charge in [0.1, 0.15) is 11.6 Å². The molecule has 0 saturated carbocycles. The highest BCUT2D eigenvalue weighted by atomic mass is 32.2. The van der Waals surface area contributed by atoms with Crippen LogP contribution in [0.3, 0.4) is 0 Å². The topological polar surface area (TPSA) is 77.2 Å². The van der Waals surface area contributed by atoms with E-state index in [1.54, 1.807) is 6.92 Å². The first-order valence-corrected chi connectivity index (χ1v) is 10.2. The van der Waals surface area contributed by atoms with Gasteiger partial charge in [-0.2, -0.15) is 0 Å². The summed E-state index contributed by atoms with van der Waals surface area (Å²) in [5.74, 6) is 0.729. The molecule has 0 saturated heterocycles. The van der Waals surface area contributed by atoms with Crippen LogP contribution in [0.5, 0.6) is 5.75 Å². The van der Waals surface area contributed by atoms with Crippen molar-refractivity contribution in [2.24, 2.45) is 0 Å². The van der Waals surface area contributed by atoms with Gasteiger partial charge in [0.05, 0.1) is 5.75 Å². The normalized spacial score (nSPS) is 12.0. The van der Waals surface area contributed by atoms with Crippen LogP contribution in [0.2, 0.25) is 0 Å². The van der Waals surface area contributed by atoms with E-state index in [0.29, 0.717) is 11.7 Å². The second-order valence-electron chi connectivity index (χ2n) is 6.70. The molecule has 0 aliphatic rings. The minimum absolute atomic E-state index is 0.140. The number of ether oxygens (including phenoxy) is 1. The maximum absolute atomic E-state index is 13.0. The van der Waals surface area contributed by atoms with Crippen molar-refractivity contribution in [1.29, 1.82) is 0 Å². The molecule has 152 valence electrons. The third-order valence-corrected chi connectivity index (χ3v) is 4.90. The molecule has 6 nitrogen and oxygen atoms in total. The lowest BCUT2D eigenvalue weighted by atomic mass is 10.0. The Morgan fingerprint density at radius 2 is 1.86 bits per heavy atom. The van der Waals surface area contributed by atoms with Gasteiger partial charge in [-0.1, -0.05) is 43.8 Å². The number of benzene rings is 2. The number of aromatic nitrogens is 2. The smallest absolute Gasteiger partial charge is 0.277 e. The lowest BCUT2D eigenvalue weighted by molar-refractivity contribution is -0.113. The number of hydrogen-bond donors (Lipinski definition) is 1. The largest absolute Gasteiger partial charge is 0.481 e. The Labute approximate surface area is 172 Å². The summed E-state index contributed by atoms with van der Waals surface area (Å²) < 4.78 is 24.2. The summed E-state index contributed by atoms with van der Waals surface area (Å²) in [4.78, 5) is 12.3. The summed E-state index contributed by atoms with van der Waals surface area (Å²) >= 11 is 1.15. The van der Waals surface area contributed by atoms with Crippen LogP contribution in [0.15, 0.2) is 58.2 Å². The zero-order valence-electron chi connectivity index (χ0n) is 16.4. The first kappa shape index (κ1) is 20.9. The Morgan fingerprint density at radius 3 is 2.59 bits per heavy atom. The van der Waals surface area contributed by atoms with Crippen molar-refractivity contribution in [2.75, 3.05) is 11.1 Å². The van der Waals surface area contributed by atoms with Crippen LogP contribution in [-0.2, 0) is 4.79 Å². The fourth-order valence-corrected chi connectivity index (χ4v) is 3.21. The minimum atomic E-state index is -0.506. The number of carbonyl (C=O) groups excluding carboxylic acids is 1. The highest BCUT2D eigenvalue weighted by Gasteiger charge is 2.17. The van der Waals surface area contributed by atoms with Gasteiger partial charge in [-0.15, -0.1) is 10.2 Å². The van der Waals surface area contributed by atoms with Gasteiger partial charge >= 0.3 is 0 Å². The Bertz CT molecular complexity index is 960. The van der Waals surface area contributed by atoms with Crippen molar-refractivity contribution < 1.29 is 18.3 Å². The molecule has 8 heteroatoms. The lowest BCUT2D eigenvalue weighted by Gasteiger charge is -2.13. The van der Waals surface area contributed by atoms with Crippen molar-refractivity contribution >= 4 is 23.4 Å². The fourth-order valence-electron chi connectivity index (χ4n) is 2.64. The Kier molecular flexibility index (Phi) is 6.87. The van der Waals surface area contributed by atoms with Crippen LogP contribution in [0, 0.1) is 5.82 Å². The molecular weight excluding hydrogens is 393 g/mol. The van der Waals surface area contributed by atoms with Crippen molar-refractivity contribution in [2.45, 2.75) is 38.0 Å². The SMILES string of the molecule is CC(C)c1ccccc1NC(=O)CSc1nnc([C@@H](C)Oc2ccc(F)cc2)o1. The van der Waals surface area contributed by atoms with Crippen molar-refractivity contribution in [3.63, 3.8) is 0 Å². The molecule has 29 heavy (non-hydrogen) atoms. The van der Waals surface area contributed by atoms with Gasteiger partial charge in [0.25, 0.3) is 11.1 Å². The Balaban J connectivity index is 1.53. The van der Waals surface area contributed by atoms with E-state index in [2.05, 4.69) is 29.4 Å². The van der Waals surface area contributed by atoms with E-state index in [1.165, 1.54) is 24.3 Å². The number of hydrogen-bond acceptors (Lipinski definition) is 6. The predicted octanol–water partition coefficient (Wildman–Crippen LogP) is 5.20. The number of anilines is 1. The van der Waals surface area contributed by atoms with Crippen LogP contribution >= 0.6 is 11.8 Å². The molecule has 1 N–H and O–H groups in total. The maximum Gasteiger partial charge on any atom is 0.277 e. The molecule has 3 rings (SSSR count). The monoisotopic (exact) mass is 415 g/mol. The molecule has 0 aliphatic heterocycles. The van der Waals surface area contributed by atoms with E-state index < -0.39 is 6.10 Å². The summed E-state index contributed by atoms with van der Waals surface area (Å²) in [5, 5.41) is 11.1. The van der Waals surface area contributed by atoms with Crippen LogP contribution in [0.25, 0.3) is 0 Å². The van der Waals surface area contributed by atoms with Gasteiger partial charge in [-0.3, -0.25) is 4.79 Å². The third kappa shape index (κ3) is 5.80. The van der Waals surface area contributed by atoms with Crippen LogP contribution in [0.4, 0.5) is 10.1 Å². The van der Waals surface area contributed by atoms with E-state index in [1.807, 2.05) is 24.3 Å². The fraction of sp³-hybridized carbons (Fsp3) is 0.286. The van der Waals surface area contributed by atoms with Crippen LogP contribution in [0.1, 0.15) is 44.2 Å². The van der Waals surface area contributed by atoms with E-state index in [4.69, 9.17) is 9.15 Å². The summed E-state index contributed by atoms with van der Waals surface area (Å²) in [7, 11) is 0. The Hall–Kier alpha value is -2.87. The van der Waals surface area contributed by atoms with E-state index in [-0.39, 0.29) is 28.6 Å². The van der Waals surface area contributed by atoms with Gasteiger partial charge in [-0.25, -0.2) is 4.39 Å². The number of rotatable bonds is 8. The summed E-state index contributed by atoms with van der Waals surface area (Å²) in [5.41, 5.74) is 1.89. The van der Waals surface area contributed by atoms with Gasteiger partial charge in [0, 0.05) is 5.69 Å². The number of para-hydroxylation sites is 1. The second kappa shape index (κ2) is 9.56. The molecule has 0 fully saturated rings. The summed E-state index contributed by atoms with van der Waals surface area (Å²) in [6.45, 7) is 5.91. The van der Waals surface area contributed by atoms with Gasteiger partial charge in [0.2, 0.25) is 5.91 Å². The quantitative estimate of drug-likeness (QED) is 0.509. The molecular formula is C21H22FN3O3S. The van der Waals surface area contributed by atoms with Gasteiger partial charge < -0.3 is 14.5 Å². The maximum atomic E-state index is 13.0. The molecule has 3 aromatic rings. The van der Waals surface area contributed by atoms with Crippen molar-refractivity contribution in [3.05, 3.63) is 65.8 Å². The molecule has 0 unspecified atom stereocenters. The number of thioether (sulfide) groups is 1. The molecule has 1 atom stereocenters. The third-order valence-electron chi connectivity index (χ3n) is 4.08. The molecule has 1 heterocycles. The minimum Gasteiger partial charge on any atom is -0.481 e. The predicted molar refractivity (Wildman–Crippen MR) is 110 cm³/mol. The summed E-state index contributed by atoms with van der Waals surface area (Å²) in [6, 6.07) is 13.4. The zero-order valence-corrected chi connectivity index (χ0v) is 17.2. The molecule has 1 aromatic heterocycles. The van der Waals surface area contributed by atoms with E-state index in [9.17, 15) is 9.18 Å². The van der Waals surface area contributed by atoms with E-state index in [0.717, 1.165) is 23.0 Å². The number of amides is 1. The molecule has 2 aromatic carbocycles. The number of carbonyl (C=O) groups is 1. The van der Waals surface area contributed by atoms with Crippen LogP contribution in [-0.4, -0.2) is 21.9 Å². The Morgan fingerprint density at radius 1 is 1.14 bits per heavy atom. The van der Waals surface area contributed by atoms with Gasteiger partial charge in [-0.05, 0) is 48.7 Å². The molecule has 0 radical (unpaired) electrons. The molecule has 0 aliphatic carbocycles. The first-order valence-electron chi connectivity index (χ1n) is 9.19. The first-order chi connectivity index (χ1) is 13.9. The highest BCUT2D eigenvalue weighted by Crippen LogP contribution is 2.26. The standard InChI is InChI=1S/C21H22FN3O3S/c1-13(2)17-6-4-5-7-18(17)23-19(26)12-29-21-25-24-20(28-21)14(3)27-16-10-8-15(22)9-11-16/h4-11,13-14H,12H2,1-3H3,(H,23,26)/t14-/m1/s1. The number of halogens is 1. The zero-order chi connectivity index (χ0) is 20.8. The van der Waals surface area contributed by atoms with E-state index >= 15 is 0 Å². The molecule has 0 spiro atoms. The summed E-state index contributed by atoms with van der Waals surface area (Å²) in [6.07, 6.45) is -0.506. The molecule has 0 bridgehead atoms.